The first kappa shape index (κ1) is 16.1. The van der Waals surface area contributed by atoms with Crippen LogP contribution < -0.4 is 0 Å². The van der Waals surface area contributed by atoms with Crippen molar-refractivity contribution in [2.24, 2.45) is 0 Å². The van der Waals surface area contributed by atoms with E-state index in [0.29, 0.717) is 0 Å². The van der Waals surface area contributed by atoms with Gasteiger partial charge >= 0.3 is 130 Å². The van der Waals surface area contributed by atoms with Crippen molar-refractivity contribution in [2.75, 3.05) is 0 Å². The average Bonchev–Trinajstić information content (AvgIpc) is 3.18. The zero-order chi connectivity index (χ0) is 15.3. The van der Waals surface area contributed by atoms with Crippen LogP contribution in [0.15, 0.2) is 48.6 Å². The van der Waals surface area contributed by atoms with Crippen LogP contribution in [0.3, 0.4) is 0 Å². The van der Waals surface area contributed by atoms with Gasteiger partial charge in [-0.25, -0.2) is 0 Å². The van der Waals surface area contributed by atoms with Gasteiger partial charge in [0.25, 0.3) is 0 Å². The molecule has 0 aliphatic heterocycles. The maximum absolute atomic E-state index is 12.0. The van der Waals surface area contributed by atoms with E-state index in [1.165, 1.54) is 0 Å². The van der Waals surface area contributed by atoms with Crippen LogP contribution in [0.1, 0.15) is 26.7 Å². The number of carbonyl (C=O) groups is 2. The fraction of sp³-hybridized carbons (Fsp3) is 0.375. The fourth-order valence-corrected chi connectivity index (χ4v) is 12.5. The zero-order valence-electron chi connectivity index (χ0n) is 12.3. The van der Waals surface area contributed by atoms with Crippen molar-refractivity contribution in [2.45, 2.75) is 34.6 Å². The van der Waals surface area contributed by atoms with Crippen molar-refractivity contribution < 1.29 is 15.7 Å². The maximum atomic E-state index is 12.0. The molecule has 4 nitrogen and oxygen atoms in total. The van der Waals surface area contributed by atoms with Gasteiger partial charge in [0.1, 0.15) is 0 Å². The molecule has 0 atom stereocenters. The molecule has 0 saturated heterocycles. The van der Waals surface area contributed by atoms with E-state index < -0.39 is 19.2 Å². The third-order valence-electron chi connectivity index (χ3n) is 3.55. The molecular weight excluding hydrogens is 375 g/mol. The SMILES string of the molecule is CCC(=O)[O][Sn]([O]C(=O)CC)([CH]1C=CC=C1)[CH]1C=CC=C1. The molecule has 2 rings (SSSR count). The second-order valence-electron chi connectivity index (χ2n) is 4.97. The Hall–Kier alpha value is -1.30. The second kappa shape index (κ2) is 7.11. The first-order valence-corrected chi connectivity index (χ1v) is 12.9. The van der Waals surface area contributed by atoms with Gasteiger partial charge in [0, 0.05) is 0 Å². The van der Waals surface area contributed by atoms with Crippen LogP contribution in [0.5, 0.6) is 0 Å². The summed E-state index contributed by atoms with van der Waals surface area (Å²) < 4.78 is 11.5. The van der Waals surface area contributed by atoms with Crippen LogP contribution in [0, 0.1) is 0 Å². The Balaban J connectivity index is 2.40. The van der Waals surface area contributed by atoms with Gasteiger partial charge in [-0.3, -0.25) is 0 Å². The van der Waals surface area contributed by atoms with Gasteiger partial charge in [-0.2, -0.15) is 0 Å². The molecule has 0 fully saturated rings. The van der Waals surface area contributed by atoms with E-state index in [9.17, 15) is 9.59 Å². The Bertz CT molecular complexity index is 458. The standard InChI is InChI=1S/2C5H5.2C3H6O2.Sn/c2*1-2-4-5-3-1;2*1-2-3(4)5;/h2*1-5H;2*2H2,1H3,(H,4,5);/q;;;;+2/p-2. The van der Waals surface area contributed by atoms with Crippen molar-refractivity contribution in [1.82, 2.24) is 0 Å². The minimum atomic E-state index is -4.07. The Kier molecular flexibility index (Phi) is 5.44. The second-order valence-corrected chi connectivity index (χ2v) is 14.1. The van der Waals surface area contributed by atoms with E-state index in [1.54, 1.807) is 13.8 Å². The third kappa shape index (κ3) is 3.48. The van der Waals surface area contributed by atoms with Gasteiger partial charge in [-0.1, -0.05) is 0 Å². The molecule has 0 N–H and O–H groups in total. The summed E-state index contributed by atoms with van der Waals surface area (Å²) in [5.41, 5.74) is 0. The monoisotopic (exact) mass is 396 g/mol. The van der Waals surface area contributed by atoms with Crippen LogP contribution in [-0.4, -0.2) is 31.1 Å². The predicted octanol–water partition coefficient (Wildman–Crippen LogP) is 3.33. The molecule has 0 spiro atoms. The quantitative estimate of drug-likeness (QED) is 0.648. The normalized spacial score (nSPS) is 17.6. The molecule has 0 unspecified atom stereocenters. The van der Waals surface area contributed by atoms with Gasteiger partial charge in [-0.05, 0) is 0 Å². The molecular formula is C16H20O4Sn. The topological polar surface area (TPSA) is 52.6 Å². The number of rotatable bonds is 6. The average molecular weight is 395 g/mol. The van der Waals surface area contributed by atoms with Crippen molar-refractivity contribution >= 4 is 31.1 Å². The summed E-state index contributed by atoms with van der Waals surface area (Å²) in [6.07, 6.45) is 16.1. The molecule has 112 valence electrons. The summed E-state index contributed by atoms with van der Waals surface area (Å²) in [7, 11) is 0. The van der Waals surface area contributed by atoms with Crippen molar-refractivity contribution in [3.63, 3.8) is 0 Å². The molecule has 0 radical (unpaired) electrons. The van der Waals surface area contributed by atoms with Crippen LogP contribution in [0.25, 0.3) is 0 Å². The predicted molar refractivity (Wildman–Crippen MR) is 82.6 cm³/mol. The number of carbonyl (C=O) groups excluding carboxylic acids is 2. The summed E-state index contributed by atoms with van der Waals surface area (Å²) in [6, 6.07) is 0. The Labute approximate surface area is 130 Å². The number of hydrogen-bond acceptors (Lipinski definition) is 4. The number of hydrogen-bond donors (Lipinski definition) is 0. The van der Waals surface area contributed by atoms with E-state index >= 15 is 0 Å². The molecule has 0 amide bonds. The first-order chi connectivity index (χ1) is 10.1. The summed E-state index contributed by atoms with van der Waals surface area (Å²) in [5.74, 6) is -0.589. The van der Waals surface area contributed by atoms with Gasteiger partial charge in [0.15, 0.2) is 0 Å². The van der Waals surface area contributed by atoms with E-state index in [4.69, 9.17) is 6.15 Å². The van der Waals surface area contributed by atoms with Gasteiger partial charge in [0.05, 0.1) is 0 Å². The van der Waals surface area contributed by atoms with E-state index in [1.807, 2.05) is 48.6 Å². The Morgan fingerprint density at radius 2 is 1.14 bits per heavy atom. The molecule has 21 heavy (non-hydrogen) atoms. The van der Waals surface area contributed by atoms with Gasteiger partial charge < -0.3 is 0 Å². The van der Waals surface area contributed by atoms with E-state index in [2.05, 4.69) is 0 Å². The molecule has 0 aromatic rings. The molecule has 5 heteroatoms. The van der Waals surface area contributed by atoms with Crippen molar-refractivity contribution in [1.29, 1.82) is 0 Å². The molecule has 0 aromatic heterocycles. The number of allylic oxidation sites excluding steroid dienone is 8. The summed E-state index contributed by atoms with van der Waals surface area (Å²) in [5, 5.41) is 0. The van der Waals surface area contributed by atoms with Gasteiger partial charge in [-0.15, -0.1) is 0 Å². The molecule has 0 heterocycles. The van der Waals surface area contributed by atoms with Crippen LogP contribution in [0.4, 0.5) is 0 Å². The van der Waals surface area contributed by atoms with Crippen LogP contribution >= 0.6 is 0 Å². The van der Waals surface area contributed by atoms with E-state index in [-0.39, 0.29) is 32.6 Å². The fourth-order valence-electron chi connectivity index (χ4n) is 2.42. The summed E-state index contributed by atoms with van der Waals surface area (Å²) in [4.78, 5) is 23.9. The molecule has 2 aliphatic rings. The van der Waals surface area contributed by atoms with Gasteiger partial charge in [0.2, 0.25) is 0 Å². The minimum absolute atomic E-state index is 0.0808. The van der Waals surface area contributed by atoms with Crippen LogP contribution in [0.2, 0.25) is 7.87 Å². The summed E-state index contributed by atoms with van der Waals surface area (Å²) >= 11 is -4.07. The molecule has 0 saturated carbocycles. The Morgan fingerprint density at radius 1 is 0.810 bits per heavy atom. The third-order valence-corrected chi connectivity index (χ3v) is 14.2. The Morgan fingerprint density at radius 3 is 1.43 bits per heavy atom. The first-order valence-electron chi connectivity index (χ1n) is 7.26. The molecule has 0 aromatic carbocycles. The molecule has 2 aliphatic carbocycles. The van der Waals surface area contributed by atoms with Crippen molar-refractivity contribution in [3.05, 3.63) is 48.6 Å². The molecule has 0 bridgehead atoms. The van der Waals surface area contributed by atoms with E-state index in [0.717, 1.165) is 0 Å². The summed E-state index contributed by atoms with van der Waals surface area (Å²) in [6.45, 7) is 3.50. The zero-order valence-corrected chi connectivity index (χ0v) is 15.2. The van der Waals surface area contributed by atoms with Crippen molar-refractivity contribution in [3.8, 4) is 0 Å². The van der Waals surface area contributed by atoms with Crippen LogP contribution in [-0.2, 0) is 15.7 Å².